The maximum atomic E-state index is 11.4. The van der Waals surface area contributed by atoms with Gasteiger partial charge in [0.2, 0.25) is 0 Å². The number of rotatable bonds is 4. The minimum atomic E-state index is -0.205. The van der Waals surface area contributed by atoms with Gasteiger partial charge in [-0.2, -0.15) is 0 Å². The van der Waals surface area contributed by atoms with Crippen LogP contribution in [0.5, 0.6) is 0 Å². The summed E-state index contributed by atoms with van der Waals surface area (Å²) in [5, 5.41) is 0. The second-order valence-corrected chi connectivity index (χ2v) is 6.19. The Bertz CT molecular complexity index is 275. The van der Waals surface area contributed by atoms with Gasteiger partial charge >= 0.3 is 5.97 Å². The van der Waals surface area contributed by atoms with E-state index in [1.54, 1.807) is 0 Å². The fourth-order valence-electron chi connectivity index (χ4n) is 4.62. The van der Waals surface area contributed by atoms with E-state index in [1.165, 1.54) is 38.5 Å². The van der Waals surface area contributed by atoms with E-state index < -0.39 is 0 Å². The van der Waals surface area contributed by atoms with Crippen LogP contribution >= 0.6 is 0 Å². The molecule has 3 nitrogen and oxygen atoms in total. The summed E-state index contributed by atoms with van der Waals surface area (Å²) in [7, 11) is 0. The van der Waals surface area contributed by atoms with Gasteiger partial charge in [0.05, 0.1) is 12.2 Å². The van der Waals surface area contributed by atoms with Crippen LogP contribution in [-0.2, 0) is 14.3 Å². The molecule has 0 aromatic rings. The summed E-state index contributed by atoms with van der Waals surface area (Å²) in [4.78, 5) is 11.4. The van der Waals surface area contributed by atoms with Crippen molar-refractivity contribution in [2.75, 3.05) is 13.2 Å². The molecule has 4 aliphatic carbocycles. The summed E-state index contributed by atoms with van der Waals surface area (Å²) in [6.45, 7) is 2.44. The molecule has 4 saturated carbocycles. The molecule has 4 bridgehead atoms. The topological polar surface area (TPSA) is 35.5 Å². The number of hydrogen-bond donors (Lipinski definition) is 0. The highest BCUT2D eigenvalue weighted by molar-refractivity contribution is 5.70. The van der Waals surface area contributed by atoms with Crippen molar-refractivity contribution < 1.29 is 14.3 Å². The number of hydrogen-bond acceptors (Lipinski definition) is 3. The Morgan fingerprint density at radius 1 is 1.12 bits per heavy atom. The van der Waals surface area contributed by atoms with Gasteiger partial charge in [0, 0.05) is 0 Å². The molecule has 0 spiro atoms. The Kier molecular flexibility index (Phi) is 2.89. The Labute approximate surface area is 103 Å². The summed E-state index contributed by atoms with van der Waals surface area (Å²) >= 11 is 0. The molecule has 0 aliphatic heterocycles. The van der Waals surface area contributed by atoms with Crippen LogP contribution in [0.1, 0.15) is 45.4 Å². The zero-order valence-electron chi connectivity index (χ0n) is 10.6. The molecule has 0 aromatic heterocycles. The van der Waals surface area contributed by atoms with Gasteiger partial charge in [-0.15, -0.1) is 0 Å². The highest BCUT2D eigenvalue weighted by Crippen LogP contribution is 2.57. The van der Waals surface area contributed by atoms with Crippen LogP contribution in [0.2, 0.25) is 0 Å². The number of carbonyl (C=O) groups is 1. The first-order valence-corrected chi connectivity index (χ1v) is 6.99. The average molecular weight is 238 g/mol. The van der Waals surface area contributed by atoms with Gasteiger partial charge in [-0.05, 0) is 63.2 Å². The van der Waals surface area contributed by atoms with Gasteiger partial charge in [-0.25, -0.2) is 4.79 Å². The normalized spacial score (nSPS) is 42.8. The molecule has 0 saturated heterocycles. The van der Waals surface area contributed by atoms with Crippen molar-refractivity contribution in [1.29, 1.82) is 0 Å². The third-order valence-corrected chi connectivity index (χ3v) is 4.78. The van der Waals surface area contributed by atoms with Crippen molar-refractivity contribution >= 4 is 5.97 Å². The van der Waals surface area contributed by atoms with Crippen LogP contribution in [0.4, 0.5) is 0 Å². The molecule has 17 heavy (non-hydrogen) atoms. The van der Waals surface area contributed by atoms with Crippen LogP contribution in [0, 0.1) is 17.8 Å². The van der Waals surface area contributed by atoms with Gasteiger partial charge in [0.25, 0.3) is 0 Å². The first-order valence-electron chi connectivity index (χ1n) is 6.99. The molecule has 4 aliphatic rings. The van der Waals surface area contributed by atoms with E-state index in [1.807, 2.05) is 6.92 Å². The molecular weight excluding hydrogens is 216 g/mol. The molecule has 0 aromatic carbocycles. The largest absolute Gasteiger partial charge is 0.464 e. The minimum Gasteiger partial charge on any atom is -0.464 e. The third kappa shape index (κ3) is 2.22. The first kappa shape index (κ1) is 11.5. The molecule has 0 heterocycles. The van der Waals surface area contributed by atoms with Gasteiger partial charge in [0.1, 0.15) is 6.61 Å². The zero-order valence-corrected chi connectivity index (χ0v) is 10.6. The Balaban J connectivity index is 1.60. The lowest BCUT2D eigenvalue weighted by atomic mass is 9.54. The van der Waals surface area contributed by atoms with Crippen molar-refractivity contribution in [2.24, 2.45) is 17.8 Å². The van der Waals surface area contributed by atoms with E-state index in [9.17, 15) is 4.79 Å². The lowest BCUT2D eigenvalue weighted by Gasteiger charge is -2.56. The van der Waals surface area contributed by atoms with Crippen LogP contribution < -0.4 is 0 Å². The smallest absolute Gasteiger partial charge is 0.332 e. The fourth-order valence-corrected chi connectivity index (χ4v) is 4.62. The molecule has 4 rings (SSSR count). The van der Waals surface area contributed by atoms with E-state index in [0.29, 0.717) is 6.61 Å². The first-order chi connectivity index (χ1) is 8.19. The van der Waals surface area contributed by atoms with Gasteiger partial charge in [-0.1, -0.05) is 0 Å². The van der Waals surface area contributed by atoms with E-state index in [4.69, 9.17) is 9.47 Å². The summed E-state index contributed by atoms with van der Waals surface area (Å²) in [6, 6.07) is 0. The second-order valence-electron chi connectivity index (χ2n) is 6.19. The maximum Gasteiger partial charge on any atom is 0.332 e. The lowest BCUT2D eigenvalue weighted by Crippen LogP contribution is -2.52. The van der Waals surface area contributed by atoms with E-state index in [2.05, 4.69) is 0 Å². The van der Waals surface area contributed by atoms with Crippen LogP contribution in [0.25, 0.3) is 0 Å². The molecule has 0 radical (unpaired) electrons. The van der Waals surface area contributed by atoms with E-state index >= 15 is 0 Å². The van der Waals surface area contributed by atoms with Crippen molar-refractivity contribution in [3.05, 3.63) is 0 Å². The predicted octanol–water partition coefficient (Wildman–Crippen LogP) is 2.53. The van der Waals surface area contributed by atoms with Gasteiger partial charge in [0.15, 0.2) is 0 Å². The van der Waals surface area contributed by atoms with Crippen LogP contribution in [0.15, 0.2) is 0 Å². The quantitative estimate of drug-likeness (QED) is 0.706. The molecule has 0 unspecified atom stereocenters. The molecule has 0 N–H and O–H groups in total. The Morgan fingerprint density at radius 2 is 1.65 bits per heavy atom. The Hall–Kier alpha value is -0.570. The van der Waals surface area contributed by atoms with Gasteiger partial charge in [-0.3, -0.25) is 0 Å². The standard InChI is InChI=1S/C14H22O3/c1-2-16-13(15)9-17-14-6-10-3-11(7-14)5-12(4-10)8-14/h10-12H,2-9H2,1H3. The molecule has 3 heteroatoms. The second kappa shape index (κ2) is 4.27. The summed E-state index contributed by atoms with van der Waals surface area (Å²) in [5.41, 5.74) is 0.0293. The number of ether oxygens (including phenoxy) is 2. The Morgan fingerprint density at radius 3 is 2.12 bits per heavy atom. The third-order valence-electron chi connectivity index (χ3n) is 4.78. The molecule has 96 valence electrons. The highest BCUT2D eigenvalue weighted by Gasteiger charge is 2.51. The lowest BCUT2D eigenvalue weighted by molar-refractivity contribution is -0.181. The van der Waals surface area contributed by atoms with Crippen LogP contribution in [0.3, 0.4) is 0 Å². The van der Waals surface area contributed by atoms with Crippen LogP contribution in [-0.4, -0.2) is 24.8 Å². The van der Waals surface area contributed by atoms with Gasteiger partial charge < -0.3 is 9.47 Å². The number of esters is 1. The molecule has 0 atom stereocenters. The molecule has 0 amide bonds. The van der Waals surface area contributed by atoms with Crippen molar-refractivity contribution in [1.82, 2.24) is 0 Å². The van der Waals surface area contributed by atoms with Crippen molar-refractivity contribution in [3.63, 3.8) is 0 Å². The maximum absolute atomic E-state index is 11.4. The number of carbonyl (C=O) groups excluding carboxylic acids is 1. The van der Waals surface area contributed by atoms with E-state index in [-0.39, 0.29) is 18.2 Å². The molecular formula is C14H22O3. The van der Waals surface area contributed by atoms with Crippen molar-refractivity contribution in [2.45, 2.75) is 51.0 Å². The van der Waals surface area contributed by atoms with Crippen molar-refractivity contribution in [3.8, 4) is 0 Å². The SMILES string of the molecule is CCOC(=O)COC12CC3CC(CC(C3)C1)C2. The molecule has 4 fully saturated rings. The fraction of sp³-hybridized carbons (Fsp3) is 0.929. The predicted molar refractivity (Wildman–Crippen MR) is 63.5 cm³/mol. The monoisotopic (exact) mass is 238 g/mol. The zero-order chi connectivity index (χ0) is 11.9. The highest BCUT2D eigenvalue weighted by atomic mass is 16.6. The summed E-state index contributed by atoms with van der Waals surface area (Å²) < 4.78 is 10.9. The summed E-state index contributed by atoms with van der Waals surface area (Å²) in [5.74, 6) is 2.39. The summed E-state index contributed by atoms with van der Waals surface area (Å²) in [6.07, 6.45) is 7.75. The van der Waals surface area contributed by atoms with E-state index in [0.717, 1.165) is 17.8 Å². The average Bonchev–Trinajstić information content (AvgIpc) is 2.25. The minimum absolute atomic E-state index is 0.0293.